The van der Waals surface area contributed by atoms with Crippen LogP contribution in [-0.2, 0) is 9.47 Å². The molecule has 2 nitrogen and oxygen atoms in total. The second-order valence-corrected chi connectivity index (χ2v) is 8.40. The first-order valence-electron chi connectivity index (χ1n) is 6.63. The highest BCUT2D eigenvalue weighted by molar-refractivity contribution is 4.99. The summed E-state index contributed by atoms with van der Waals surface area (Å²) in [6.45, 7) is 20.5. The van der Waals surface area contributed by atoms with Gasteiger partial charge >= 0.3 is 0 Å². The van der Waals surface area contributed by atoms with E-state index in [2.05, 4.69) is 62.3 Å². The standard InChI is InChI=1S/C15H30O2/c1-12(2,3)11-10-16-15(17-11,13(4,5)6)14(7,8)9/h11H,10H2,1-9H3. The van der Waals surface area contributed by atoms with Crippen LogP contribution in [0.25, 0.3) is 0 Å². The van der Waals surface area contributed by atoms with Gasteiger partial charge in [-0.1, -0.05) is 62.3 Å². The maximum absolute atomic E-state index is 6.42. The van der Waals surface area contributed by atoms with Crippen molar-refractivity contribution in [2.24, 2.45) is 16.2 Å². The molecule has 17 heavy (non-hydrogen) atoms. The largest absolute Gasteiger partial charge is 0.346 e. The summed E-state index contributed by atoms with van der Waals surface area (Å²) in [6, 6.07) is 0. The fraction of sp³-hybridized carbons (Fsp3) is 1.00. The molecule has 0 spiro atoms. The Morgan fingerprint density at radius 1 is 0.824 bits per heavy atom. The van der Waals surface area contributed by atoms with Gasteiger partial charge in [0.15, 0.2) is 5.79 Å². The van der Waals surface area contributed by atoms with E-state index in [9.17, 15) is 0 Å². The summed E-state index contributed by atoms with van der Waals surface area (Å²) in [5.41, 5.74) is 0.0503. The molecule has 1 aliphatic heterocycles. The molecule has 2 heteroatoms. The highest BCUT2D eigenvalue weighted by atomic mass is 16.7. The predicted molar refractivity (Wildman–Crippen MR) is 71.9 cm³/mol. The minimum atomic E-state index is -0.502. The Morgan fingerprint density at radius 3 is 1.41 bits per heavy atom. The van der Waals surface area contributed by atoms with Crippen molar-refractivity contribution in [3.05, 3.63) is 0 Å². The summed E-state index contributed by atoms with van der Waals surface area (Å²) in [4.78, 5) is 0. The average molecular weight is 242 g/mol. The summed E-state index contributed by atoms with van der Waals surface area (Å²) in [7, 11) is 0. The topological polar surface area (TPSA) is 18.5 Å². The van der Waals surface area contributed by atoms with Crippen LogP contribution in [0.2, 0.25) is 0 Å². The average Bonchev–Trinajstić information content (AvgIpc) is 2.43. The van der Waals surface area contributed by atoms with Crippen molar-refractivity contribution >= 4 is 0 Å². The van der Waals surface area contributed by atoms with Crippen LogP contribution in [0.15, 0.2) is 0 Å². The number of hydrogen-bond donors (Lipinski definition) is 0. The summed E-state index contributed by atoms with van der Waals surface area (Å²) in [6.07, 6.45) is 0.168. The van der Waals surface area contributed by atoms with E-state index < -0.39 is 5.79 Å². The van der Waals surface area contributed by atoms with E-state index >= 15 is 0 Å². The Balaban J connectivity index is 3.08. The van der Waals surface area contributed by atoms with Gasteiger partial charge in [-0.05, 0) is 5.41 Å². The van der Waals surface area contributed by atoms with Crippen LogP contribution in [-0.4, -0.2) is 18.5 Å². The Labute approximate surface area is 107 Å². The maximum atomic E-state index is 6.42. The van der Waals surface area contributed by atoms with Crippen molar-refractivity contribution in [3.63, 3.8) is 0 Å². The van der Waals surface area contributed by atoms with E-state index in [1.54, 1.807) is 0 Å². The predicted octanol–water partition coefficient (Wildman–Crippen LogP) is 4.24. The van der Waals surface area contributed by atoms with Gasteiger partial charge < -0.3 is 9.47 Å². The van der Waals surface area contributed by atoms with Gasteiger partial charge in [-0.25, -0.2) is 0 Å². The fourth-order valence-electron chi connectivity index (χ4n) is 2.80. The van der Waals surface area contributed by atoms with Gasteiger partial charge in [0.25, 0.3) is 0 Å². The Hall–Kier alpha value is -0.0800. The Morgan fingerprint density at radius 2 is 1.24 bits per heavy atom. The van der Waals surface area contributed by atoms with E-state index in [1.807, 2.05) is 0 Å². The molecule has 0 aromatic heterocycles. The van der Waals surface area contributed by atoms with Crippen molar-refractivity contribution in [1.82, 2.24) is 0 Å². The first-order valence-corrected chi connectivity index (χ1v) is 6.63. The van der Waals surface area contributed by atoms with Crippen LogP contribution in [0, 0.1) is 16.2 Å². The lowest BCUT2D eigenvalue weighted by Gasteiger charge is -2.49. The monoisotopic (exact) mass is 242 g/mol. The maximum Gasteiger partial charge on any atom is 0.178 e. The summed E-state index contributed by atoms with van der Waals surface area (Å²) in [5, 5.41) is 0. The SMILES string of the molecule is CC(C)(C)C1COC(C(C)(C)C)(C(C)(C)C)O1. The van der Waals surface area contributed by atoms with Crippen molar-refractivity contribution in [1.29, 1.82) is 0 Å². The Kier molecular flexibility index (Phi) is 3.49. The van der Waals surface area contributed by atoms with Crippen molar-refractivity contribution in [2.75, 3.05) is 6.61 Å². The molecular formula is C15H30O2. The van der Waals surface area contributed by atoms with Gasteiger partial charge in [-0.3, -0.25) is 0 Å². The molecule has 0 aromatic carbocycles. The number of hydrogen-bond acceptors (Lipinski definition) is 2. The summed E-state index contributed by atoms with van der Waals surface area (Å²) in [5.74, 6) is -0.502. The minimum Gasteiger partial charge on any atom is -0.346 e. The molecular weight excluding hydrogens is 212 g/mol. The third-order valence-electron chi connectivity index (χ3n) is 3.69. The zero-order valence-corrected chi connectivity index (χ0v) is 13.1. The molecule has 1 heterocycles. The second-order valence-electron chi connectivity index (χ2n) is 8.40. The van der Waals surface area contributed by atoms with Crippen LogP contribution in [0.3, 0.4) is 0 Å². The molecule has 0 aromatic rings. The lowest BCUT2D eigenvalue weighted by Crippen LogP contribution is -2.54. The van der Waals surface area contributed by atoms with Crippen molar-refractivity contribution in [3.8, 4) is 0 Å². The zero-order chi connectivity index (χ0) is 13.7. The molecule has 1 atom stereocenters. The molecule has 0 saturated carbocycles. The van der Waals surface area contributed by atoms with Crippen LogP contribution >= 0.6 is 0 Å². The van der Waals surface area contributed by atoms with Gasteiger partial charge in [0.1, 0.15) is 0 Å². The smallest absolute Gasteiger partial charge is 0.178 e. The molecule has 1 unspecified atom stereocenters. The number of ether oxygens (including phenoxy) is 2. The van der Waals surface area contributed by atoms with Crippen LogP contribution in [0.1, 0.15) is 62.3 Å². The van der Waals surface area contributed by atoms with Gasteiger partial charge in [-0.15, -0.1) is 0 Å². The van der Waals surface area contributed by atoms with Gasteiger partial charge in [0, 0.05) is 10.8 Å². The highest BCUT2D eigenvalue weighted by Crippen LogP contribution is 2.52. The first kappa shape index (κ1) is 15.0. The second kappa shape index (κ2) is 3.96. The van der Waals surface area contributed by atoms with Crippen LogP contribution in [0.4, 0.5) is 0 Å². The lowest BCUT2D eigenvalue weighted by atomic mass is 9.70. The van der Waals surface area contributed by atoms with Crippen LogP contribution < -0.4 is 0 Å². The zero-order valence-electron chi connectivity index (χ0n) is 13.1. The molecule has 102 valence electrons. The Bertz CT molecular complexity index is 259. The molecule has 0 radical (unpaired) electrons. The molecule has 0 bridgehead atoms. The molecule has 1 rings (SSSR count). The molecule has 0 N–H and O–H groups in total. The minimum absolute atomic E-state index is 0.0365. The fourth-order valence-corrected chi connectivity index (χ4v) is 2.80. The molecule has 1 aliphatic rings. The normalized spacial score (nSPS) is 26.3. The van der Waals surface area contributed by atoms with Gasteiger partial charge in [-0.2, -0.15) is 0 Å². The quantitative estimate of drug-likeness (QED) is 0.632. The van der Waals surface area contributed by atoms with E-state index in [-0.39, 0.29) is 22.3 Å². The lowest BCUT2D eigenvalue weighted by molar-refractivity contribution is -0.292. The summed E-state index contributed by atoms with van der Waals surface area (Å²) >= 11 is 0. The molecule has 0 amide bonds. The van der Waals surface area contributed by atoms with E-state index in [1.165, 1.54) is 0 Å². The van der Waals surface area contributed by atoms with E-state index in [0.717, 1.165) is 0 Å². The first-order chi connectivity index (χ1) is 7.31. The van der Waals surface area contributed by atoms with E-state index in [4.69, 9.17) is 9.47 Å². The van der Waals surface area contributed by atoms with Gasteiger partial charge in [0.05, 0.1) is 12.7 Å². The summed E-state index contributed by atoms with van der Waals surface area (Å²) < 4.78 is 12.6. The number of rotatable bonds is 0. The van der Waals surface area contributed by atoms with E-state index in [0.29, 0.717) is 6.61 Å². The third kappa shape index (κ3) is 2.53. The third-order valence-corrected chi connectivity index (χ3v) is 3.69. The molecule has 1 saturated heterocycles. The van der Waals surface area contributed by atoms with Crippen molar-refractivity contribution < 1.29 is 9.47 Å². The molecule has 0 aliphatic carbocycles. The van der Waals surface area contributed by atoms with Gasteiger partial charge in [0.2, 0.25) is 0 Å². The molecule has 1 fully saturated rings. The van der Waals surface area contributed by atoms with Crippen molar-refractivity contribution in [2.45, 2.75) is 74.2 Å². The van der Waals surface area contributed by atoms with Crippen LogP contribution in [0.5, 0.6) is 0 Å². The highest BCUT2D eigenvalue weighted by Gasteiger charge is 2.59.